The van der Waals surface area contributed by atoms with Crippen molar-refractivity contribution in [2.45, 2.75) is 20.0 Å². The van der Waals surface area contributed by atoms with Crippen LogP contribution in [0.3, 0.4) is 0 Å². The lowest BCUT2D eigenvalue weighted by molar-refractivity contribution is 0.663. The summed E-state index contributed by atoms with van der Waals surface area (Å²) in [6, 6.07) is 9.94. The van der Waals surface area contributed by atoms with Crippen LogP contribution in [-0.4, -0.2) is 9.97 Å². The van der Waals surface area contributed by atoms with E-state index in [2.05, 4.69) is 44.2 Å². The number of hydrogen-bond acceptors (Lipinski definition) is 3. The van der Waals surface area contributed by atoms with Crippen LogP contribution in [0.25, 0.3) is 0 Å². The van der Waals surface area contributed by atoms with Gasteiger partial charge in [-0.3, -0.25) is 4.98 Å². The van der Waals surface area contributed by atoms with Crippen molar-refractivity contribution in [2.24, 2.45) is 0 Å². The molecule has 0 aliphatic carbocycles. The average molecular weight is 292 g/mol. The standard InChI is InChI=1S/C13H14BrN3/c1-10-4-3-7-16-12(10)9-15-8-11-5-2-6-13(14)17-11/h2-7,15H,8-9H2,1H3. The van der Waals surface area contributed by atoms with E-state index in [9.17, 15) is 0 Å². The van der Waals surface area contributed by atoms with Crippen LogP contribution in [0.15, 0.2) is 41.1 Å². The molecular weight excluding hydrogens is 278 g/mol. The Labute approximate surface area is 109 Å². The quantitative estimate of drug-likeness (QED) is 0.881. The van der Waals surface area contributed by atoms with Crippen molar-refractivity contribution in [3.8, 4) is 0 Å². The number of rotatable bonds is 4. The van der Waals surface area contributed by atoms with Gasteiger partial charge in [0.2, 0.25) is 0 Å². The maximum Gasteiger partial charge on any atom is 0.106 e. The molecule has 0 atom stereocenters. The van der Waals surface area contributed by atoms with E-state index in [0.717, 1.165) is 29.1 Å². The molecule has 17 heavy (non-hydrogen) atoms. The topological polar surface area (TPSA) is 37.8 Å². The van der Waals surface area contributed by atoms with Gasteiger partial charge in [0.1, 0.15) is 4.60 Å². The van der Waals surface area contributed by atoms with Crippen LogP contribution in [0.4, 0.5) is 0 Å². The van der Waals surface area contributed by atoms with Gasteiger partial charge >= 0.3 is 0 Å². The third kappa shape index (κ3) is 3.61. The summed E-state index contributed by atoms with van der Waals surface area (Å²) in [7, 11) is 0. The van der Waals surface area contributed by atoms with Crippen LogP contribution in [0.5, 0.6) is 0 Å². The smallest absolute Gasteiger partial charge is 0.106 e. The number of nitrogens with zero attached hydrogens (tertiary/aromatic N) is 2. The summed E-state index contributed by atoms with van der Waals surface area (Å²) in [4.78, 5) is 8.70. The zero-order valence-corrected chi connectivity index (χ0v) is 11.2. The Morgan fingerprint density at radius 1 is 1.18 bits per heavy atom. The zero-order chi connectivity index (χ0) is 12.1. The van der Waals surface area contributed by atoms with E-state index in [0.29, 0.717) is 0 Å². The van der Waals surface area contributed by atoms with Crippen LogP contribution < -0.4 is 5.32 Å². The number of halogens is 1. The molecule has 2 rings (SSSR count). The van der Waals surface area contributed by atoms with Crippen molar-refractivity contribution in [1.82, 2.24) is 15.3 Å². The van der Waals surface area contributed by atoms with E-state index >= 15 is 0 Å². The molecule has 0 saturated carbocycles. The van der Waals surface area contributed by atoms with E-state index in [1.807, 2.05) is 30.5 Å². The zero-order valence-electron chi connectivity index (χ0n) is 9.65. The third-order valence-corrected chi connectivity index (χ3v) is 2.93. The van der Waals surface area contributed by atoms with Gasteiger partial charge < -0.3 is 5.32 Å². The predicted octanol–water partition coefficient (Wildman–Crippen LogP) is 2.84. The molecule has 0 spiro atoms. The molecule has 2 aromatic rings. The van der Waals surface area contributed by atoms with Gasteiger partial charge in [0, 0.05) is 19.3 Å². The van der Waals surface area contributed by atoms with E-state index in [1.54, 1.807) is 0 Å². The van der Waals surface area contributed by atoms with E-state index in [-0.39, 0.29) is 0 Å². The molecule has 0 aliphatic heterocycles. The Bertz CT molecular complexity index is 500. The molecule has 0 unspecified atom stereocenters. The van der Waals surface area contributed by atoms with Gasteiger partial charge in [-0.2, -0.15) is 0 Å². The van der Waals surface area contributed by atoms with Crippen molar-refractivity contribution in [1.29, 1.82) is 0 Å². The normalized spacial score (nSPS) is 10.5. The van der Waals surface area contributed by atoms with Gasteiger partial charge in [-0.05, 0) is 46.6 Å². The second-order valence-corrected chi connectivity index (χ2v) is 4.63. The second-order valence-electron chi connectivity index (χ2n) is 3.82. The minimum absolute atomic E-state index is 0.745. The van der Waals surface area contributed by atoms with Crippen molar-refractivity contribution >= 4 is 15.9 Å². The molecule has 1 N–H and O–H groups in total. The largest absolute Gasteiger partial charge is 0.305 e. The molecule has 2 aromatic heterocycles. The SMILES string of the molecule is Cc1cccnc1CNCc1cccc(Br)n1. The van der Waals surface area contributed by atoms with Gasteiger partial charge in [-0.25, -0.2) is 4.98 Å². The molecule has 0 radical (unpaired) electrons. The van der Waals surface area contributed by atoms with Crippen molar-refractivity contribution in [2.75, 3.05) is 0 Å². The lowest BCUT2D eigenvalue weighted by Crippen LogP contribution is -2.15. The molecule has 0 aromatic carbocycles. The van der Waals surface area contributed by atoms with Gasteiger partial charge in [-0.15, -0.1) is 0 Å². The first-order valence-electron chi connectivity index (χ1n) is 5.48. The maximum absolute atomic E-state index is 4.36. The fourth-order valence-electron chi connectivity index (χ4n) is 1.56. The highest BCUT2D eigenvalue weighted by molar-refractivity contribution is 9.10. The van der Waals surface area contributed by atoms with Crippen LogP contribution in [0, 0.1) is 6.92 Å². The molecule has 4 heteroatoms. The van der Waals surface area contributed by atoms with Crippen LogP contribution in [-0.2, 0) is 13.1 Å². The molecular formula is C13H14BrN3. The van der Waals surface area contributed by atoms with Crippen LogP contribution in [0.1, 0.15) is 17.0 Å². The number of nitrogens with one attached hydrogen (secondary N) is 1. The molecule has 88 valence electrons. The number of pyridine rings is 2. The van der Waals surface area contributed by atoms with E-state index in [4.69, 9.17) is 0 Å². The minimum atomic E-state index is 0.745. The summed E-state index contributed by atoms with van der Waals surface area (Å²) >= 11 is 3.36. The maximum atomic E-state index is 4.36. The number of aromatic nitrogens is 2. The highest BCUT2D eigenvalue weighted by atomic mass is 79.9. The molecule has 0 bridgehead atoms. The first-order valence-corrected chi connectivity index (χ1v) is 6.27. The fraction of sp³-hybridized carbons (Fsp3) is 0.231. The van der Waals surface area contributed by atoms with Crippen molar-refractivity contribution in [3.63, 3.8) is 0 Å². The number of hydrogen-bond donors (Lipinski definition) is 1. The lowest BCUT2D eigenvalue weighted by atomic mass is 10.2. The molecule has 0 aliphatic rings. The highest BCUT2D eigenvalue weighted by Gasteiger charge is 1.99. The summed E-state index contributed by atoms with van der Waals surface area (Å²) in [5, 5.41) is 3.34. The van der Waals surface area contributed by atoms with Gasteiger partial charge in [0.25, 0.3) is 0 Å². The Hall–Kier alpha value is -1.26. The van der Waals surface area contributed by atoms with Crippen molar-refractivity contribution in [3.05, 3.63) is 58.1 Å². The fourth-order valence-corrected chi connectivity index (χ4v) is 1.94. The van der Waals surface area contributed by atoms with E-state index < -0.39 is 0 Å². The predicted molar refractivity (Wildman–Crippen MR) is 71.5 cm³/mol. The first kappa shape index (κ1) is 12.2. The molecule has 0 saturated heterocycles. The summed E-state index contributed by atoms with van der Waals surface area (Å²) in [6.07, 6.45) is 1.82. The Balaban J connectivity index is 1.90. The van der Waals surface area contributed by atoms with Gasteiger partial charge in [0.15, 0.2) is 0 Å². The van der Waals surface area contributed by atoms with E-state index in [1.165, 1.54) is 5.56 Å². The van der Waals surface area contributed by atoms with Crippen LogP contribution in [0.2, 0.25) is 0 Å². The molecule has 2 heterocycles. The average Bonchev–Trinajstić information content (AvgIpc) is 2.32. The second kappa shape index (κ2) is 5.89. The highest BCUT2D eigenvalue weighted by Crippen LogP contribution is 2.07. The summed E-state index contributed by atoms with van der Waals surface area (Å²) in [5.74, 6) is 0. The lowest BCUT2D eigenvalue weighted by Gasteiger charge is -2.06. The molecule has 0 fully saturated rings. The first-order chi connectivity index (χ1) is 8.25. The van der Waals surface area contributed by atoms with Crippen molar-refractivity contribution < 1.29 is 0 Å². The summed E-state index contributed by atoms with van der Waals surface area (Å²) in [6.45, 7) is 3.58. The monoisotopic (exact) mass is 291 g/mol. The Morgan fingerprint density at radius 3 is 2.82 bits per heavy atom. The molecule has 3 nitrogen and oxygen atoms in total. The Kier molecular flexibility index (Phi) is 4.23. The van der Waals surface area contributed by atoms with Crippen LogP contribution >= 0.6 is 15.9 Å². The molecule has 0 amide bonds. The summed E-state index contributed by atoms with van der Waals surface area (Å²) in [5.41, 5.74) is 3.32. The summed E-state index contributed by atoms with van der Waals surface area (Å²) < 4.78 is 0.866. The van der Waals surface area contributed by atoms with Gasteiger partial charge in [-0.1, -0.05) is 12.1 Å². The Morgan fingerprint density at radius 2 is 2.06 bits per heavy atom. The van der Waals surface area contributed by atoms with Gasteiger partial charge in [0.05, 0.1) is 11.4 Å². The minimum Gasteiger partial charge on any atom is -0.305 e. The third-order valence-electron chi connectivity index (χ3n) is 2.49. The number of aryl methyl sites for hydroxylation is 1.